The van der Waals surface area contributed by atoms with Crippen molar-refractivity contribution in [1.29, 1.82) is 0 Å². The summed E-state index contributed by atoms with van der Waals surface area (Å²) in [7, 11) is 0. The minimum absolute atomic E-state index is 0.0322. The van der Waals surface area contributed by atoms with Gasteiger partial charge in [-0.25, -0.2) is 13.8 Å². The van der Waals surface area contributed by atoms with E-state index < -0.39 is 25.6 Å². The topological polar surface area (TPSA) is 55.0 Å². The predicted molar refractivity (Wildman–Crippen MR) is 59.6 cm³/mol. The Morgan fingerprint density at radius 3 is 2.53 bits per heavy atom. The zero-order valence-corrected chi connectivity index (χ0v) is 10.5. The molecule has 1 heterocycles. The molecule has 0 saturated heterocycles. The van der Waals surface area contributed by atoms with E-state index >= 15 is 0 Å². The van der Waals surface area contributed by atoms with Gasteiger partial charge in [-0.1, -0.05) is 6.92 Å². The van der Waals surface area contributed by atoms with Crippen LogP contribution in [0.2, 0.25) is 0 Å². The van der Waals surface area contributed by atoms with Crippen LogP contribution in [0.3, 0.4) is 0 Å². The quantitative estimate of drug-likeness (QED) is 0.812. The van der Waals surface area contributed by atoms with E-state index in [9.17, 15) is 22.4 Å². The highest BCUT2D eigenvalue weighted by Crippen LogP contribution is 2.23. The van der Waals surface area contributed by atoms with Crippen LogP contribution in [0.5, 0.6) is 0 Å². The number of aryl methyl sites for hydroxylation is 1. The summed E-state index contributed by atoms with van der Waals surface area (Å²) in [5, 5.41) is 0. The molecule has 0 unspecified atom stereocenters. The van der Waals surface area contributed by atoms with E-state index in [1.807, 2.05) is 0 Å². The van der Waals surface area contributed by atoms with Gasteiger partial charge in [0, 0.05) is 11.3 Å². The summed E-state index contributed by atoms with van der Waals surface area (Å²) in [6.45, 7) is 1.50. The lowest BCUT2D eigenvalue weighted by molar-refractivity contribution is -0.168. The van der Waals surface area contributed by atoms with Gasteiger partial charge in [-0.15, -0.1) is 0 Å². The van der Waals surface area contributed by atoms with E-state index in [2.05, 4.69) is 14.7 Å². The number of nitrogens with one attached hydrogen (secondary N) is 1. The molecule has 0 aromatic carbocycles. The number of rotatable bonds is 6. The maximum Gasteiger partial charge on any atom is 0.330 e. The molecule has 0 aliphatic carbocycles. The van der Waals surface area contributed by atoms with Gasteiger partial charge in [-0.3, -0.25) is 4.79 Å². The van der Waals surface area contributed by atoms with Gasteiger partial charge in [-0.2, -0.15) is 8.78 Å². The Kier molecular flexibility index (Phi) is 5.04. The zero-order valence-electron chi connectivity index (χ0n) is 10.5. The molecule has 108 valence electrons. The van der Waals surface area contributed by atoms with Gasteiger partial charge < -0.3 is 9.72 Å². The molecule has 1 rings (SSSR count). The largest absolute Gasteiger partial charge is 0.367 e. The van der Waals surface area contributed by atoms with E-state index in [-0.39, 0.29) is 11.4 Å². The monoisotopic (exact) mass is 282 g/mol. The molecule has 0 spiro atoms. The minimum Gasteiger partial charge on any atom is -0.367 e. The molecule has 0 bridgehead atoms. The Balaban J connectivity index is 2.67. The van der Waals surface area contributed by atoms with Gasteiger partial charge in [-0.05, 0) is 13.3 Å². The van der Waals surface area contributed by atoms with Crippen LogP contribution >= 0.6 is 0 Å². The van der Waals surface area contributed by atoms with Crippen molar-refractivity contribution in [2.24, 2.45) is 0 Å². The van der Waals surface area contributed by atoms with Gasteiger partial charge in [0.1, 0.15) is 19.0 Å². The zero-order chi connectivity index (χ0) is 14.6. The fourth-order valence-corrected chi connectivity index (χ4v) is 1.50. The van der Waals surface area contributed by atoms with Crippen LogP contribution in [0.1, 0.15) is 24.0 Å². The van der Waals surface area contributed by atoms with Crippen LogP contribution in [0.25, 0.3) is 0 Å². The number of H-pyrrole nitrogens is 1. The lowest BCUT2D eigenvalue weighted by Gasteiger charge is -2.15. The van der Waals surface area contributed by atoms with Crippen molar-refractivity contribution in [2.45, 2.75) is 39.2 Å². The van der Waals surface area contributed by atoms with Crippen molar-refractivity contribution < 1.29 is 22.3 Å². The Morgan fingerprint density at radius 2 is 2.05 bits per heavy atom. The summed E-state index contributed by atoms with van der Waals surface area (Å²) in [5.41, 5.74) is 0.571. The third-order valence-corrected chi connectivity index (χ3v) is 2.48. The molecule has 0 atom stereocenters. The summed E-state index contributed by atoms with van der Waals surface area (Å²) in [5.74, 6) is -4.18. The normalized spacial score (nSPS) is 12.2. The molecule has 1 N–H and O–H groups in total. The molecule has 0 aliphatic rings. The van der Waals surface area contributed by atoms with E-state index in [0.29, 0.717) is 17.7 Å². The number of nitrogens with zero attached hydrogens (tertiary/aromatic N) is 1. The molecule has 1 aromatic rings. The van der Waals surface area contributed by atoms with E-state index in [1.165, 1.54) is 0 Å². The maximum atomic E-state index is 12.6. The average Bonchev–Trinajstić information content (AvgIpc) is 2.28. The molecule has 0 saturated carbocycles. The lowest BCUT2D eigenvalue weighted by Crippen LogP contribution is -2.32. The molecular weight excluding hydrogens is 268 g/mol. The van der Waals surface area contributed by atoms with Crippen molar-refractivity contribution in [2.75, 3.05) is 6.61 Å². The highest BCUT2D eigenvalue weighted by atomic mass is 19.3. The standard InChI is InChI=1S/C11H14F4N2O2/c1-3-7-6(2)16-8(17-9(7)18)4-19-5-11(14,15)10(12)13/h10H,3-5H2,1-2H3,(H,16,17,18). The number of aromatic amines is 1. The first kappa shape index (κ1) is 15.6. The van der Waals surface area contributed by atoms with Crippen LogP contribution in [-0.2, 0) is 17.8 Å². The molecule has 0 fully saturated rings. The van der Waals surface area contributed by atoms with E-state index in [0.717, 1.165) is 0 Å². The number of hydrogen-bond acceptors (Lipinski definition) is 3. The van der Waals surface area contributed by atoms with E-state index in [4.69, 9.17) is 0 Å². The summed E-state index contributed by atoms with van der Waals surface area (Å²) >= 11 is 0. The number of aromatic nitrogens is 2. The molecule has 1 aromatic heterocycles. The minimum atomic E-state index is -4.21. The lowest BCUT2D eigenvalue weighted by atomic mass is 10.2. The van der Waals surface area contributed by atoms with Crippen molar-refractivity contribution in [1.82, 2.24) is 9.97 Å². The third kappa shape index (κ3) is 4.02. The van der Waals surface area contributed by atoms with Crippen molar-refractivity contribution in [3.05, 3.63) is 27.4 Å². The van der Waals surface area contributed by atoms with Gasteiger partial charge >= 0.3 is 12.3 Å². The van der Waals surface area contributed by atoms with Crippen LogP contribution < -0.4 is 5.56 Å². The smallest absolute Gasteiger partial charge is 0.330 e. The van der Waals surface area contributed by atoms with E-state index in [1.54, 1.807) is 13.8 Å². The molecule has 8 heteroatoms. The van der Waals surface area contributed by atoms with Gasteiger partial charge in [0.2, 0.25) is 0 Å². The van der Waals surface area contributed by atoms with Crippen LogP contribution in [-0.4, -0.2) is 28.9 Å². The molecule has 19 heavy (non-hydrogen) atoms. The second-order valence-electron chi connectivity index (χ2n) is 3.98. The fourth-order valence-electron chi connectivity index (χ4n) is 1.50. The Hall–Kier alpha value is -1.44. The van der Waals surface area contributed by atoms with Gasteiger partial charge in [0.05, 0.1) is 0 Å². The highest BCUT2D eigenvalue weighted by molar-refractivity contribution is 5.15. The number of hydrogen-bond donors (Lipinski definition) is 1. The van der Waals surface area contributed by atoms with Crippen LogP contribution in [0.4, 0.5) is 17.6 Å². The molecule has 0 radical (unpaired) electrons. The summed E-state index contributed by atoms with van der Waals surface area (Å²) < 4.78 is 53.3. The molecule has 0 aliphatic heterocycles. The predicted octanol–water partition coefficient (Wildman–Crippen LogP) is 2.06. The van der Waals surface area contributed by atoms with Crippen molar-refractivity contribution in [3.8, 4) is 0 Å². The SMILES string of the molecule is CCc1c(C)nc(COCC(F)(F)C(F)F)[nH]c1=O. The second kappa shape index (κ2) is 6.14. The van der Waals surface area contributed by atoms with Gasteiger partial charge in [0.25, 0.3) is 5.56 Å². The third-order valence-electron chi connectivity index (χ3n) is 2.48. The molecule has 4 nitrogen and oxygen atoms in total. The van der Waals surface area contributed by atoms with Crippen LogP contribution in [0.15, 0.2) is 4.79 Å². The number of ether oxygens (including phenoxy) is 1. The Morgan fingerprint density at radius 1 is 1.42 bits per heavy atom. The van der Waals surface area contributed by atoms with Crippen LogP contribution in [0, 0.1) is 6.92 Å². The molecular formula is C11H14F4N2O2. The van der Waals surface area contributed by atoms with Crippen molar-refractivity contribution in [3.63, 3.8) is 0 Å². The maximum absolute atomic E-state index is 12.6. The number of alkyl halides is 4. The molecule has 0 amide bonds. The summed E-state index contributed by atoms with van der Waals surface area (Å²) in [6.07, 6.45) is -3.30. The fraction of sp³-hybridized carbons (Fsp3) is 0.636. The Bertz CT molecular complexity index is 488. The second-order valence-corrected chi connectivity index (χ2v) is 3.98. The summed E-state index contributed by atoms with van der Waals surface area (Å²) in [6, 6.07) is 0. The van der Waals surface area contributed by atoms with Crippen molar-refractivity contribution >= 4 is 0 Å². The number of halogens is 4. The Labute approximate surface area is 106 Å². The van der Waals surface area contributed by atoms with Gasteiger partial charge in [0.15, 0.2) is 0 Å². The first-order valence-electron chi connectivity index (χ1n) is 5.60. The average molecular weight is 282 g/mol. The highest BCUT2D eigenvalue weighted by Gasteiger charge is 2.40. The summed E-state index contributed by atoms with van der Waals surface area (Å²) in [4.78, 5) is 17.9. The first-order chi connectivity index (χ1) is 8.77. The first-order valence-corrected chi connectivity index (χ1v) is 5.60.